The fraction of sp³-hybridized carbons (Fsp3) is 0.143. The molecular formula is C14H13BrFN5O2. The molecule has 23 heavy (non-hydrogen) atoms. The summed E-state index contributed by atoms with van der Waals surface area (Å²) in [5.74, 6) is 0.159. The van der Waals surface area contributed by atoms with Gasteiger partial charge in [-0.25, -0.2) is 9.92 Å². The molecule has 0 radical (unpaired) electrons. The van der Waals surface area contributed by atoms with Gasteiger partial charge in [0.25, 0.3) is 0 Å². The molecule has 0 bridgehead atoms. The number of methoxy groups -OCH3 is 1. The first-order chi connectivity index (χ1) is 11.1. The summed E-state index contributed by atoms with van der Waals surface area (Å²) < 4.78 is 23.7. The molecule has 2 N–H and O–H groups in total. The first-order valence-electron chi connectivity index (χ1n) is 6.39. The van der Waals surface area contributed by atoms with Crippen molar-refractivity contribution >= 4 is 21.6 Å². The van der Waals surface area contributed by atoms with E-state index in [-0.39, 0.29) is 18.4 Å². The molecule has 0 aliphatic carbocycles. The zero-order valence-corrected chi connectivity index (χ0v) is 13.7. The number of aromatic nitrogens is 2. The van der Waals surface area contributed by atoms with Crippen molar-refractivity contribution in [1.29, 1.82) is 5.53 Å². The van der Waals surface area contributed by atoms with E-state index in [9.17, 15) is 4.39 Å². The number of halogens is 2. The molecule has 0 unspecified atom stereocenters. The van der Waals surface area contributed by atoms with Gasteiger partial charge in [0, 0.05) is 11.9 Å². The molecule has 7 nitrogen and oxygen atoms in total. The topological polar surface area (TPSA) is 92.5 Å². The summed E-state index contributed by atoms with van der Waals surface area (Å²) in [4.78, 5) is 7.88. The van der Waals surface area contributed by atoms with Crippen LogP contribution in [0.5, 0.6) is 11.8 Å². The number of ether oxygens (including phenoxy) is 2. The van der Waals surface area contributed by atoms with Crippen LogP contribution < -0.4 is 14.8 Å². The largest absolute Gasteiger partial charge is 0.494 e. The van der Waals surface area contributed by atoms with Gasteiger partial charge in [-0.1, -0.05) is 0 Å². The number of nitrogens with one attached hydrogen (secondary N) is 2. The average molecular weight is 382 g/mol. The molecule has 2 aromatic rings. The highest BCUT2D eigenvalue weighted by molar-refractivity contribution is 9.10. The van der Waals surface area contributed by atoms with Crippen LogP contribution in [0.15, 0.2) is 52.1 Å². The lowest BCUT2D eigenvalue weighted by Gasteiger charge is -2.06. The van der Waals surface area contributed by atoms with Gasteiger partial charge in [0.15, 0.2) is 5.75 Å². The van der Waals surface area contributed by atoms with Gasteiger partial charge in [-0.3, -0.25) is 0 Å². The summed E-state index contributed by atoms with van der Waals surface area (Å²) in [5.41, 5.74) is 8.09. The molecule has 0 aliphatic heterocycles. The quantitative estimate of drug-likeness (QED) is 0.712. The van der Waals surface area contributed by atoms with Crippen LogP contribution in [0.3, 0.4) is 0 Å². The molecule has 0 fully saturated rings. The summed E-state index contributed by atoms with van der Waals surface area (Å²) in [6.45, 7) is 0.00515. The SMILES string of the molecule is COc1cnc(OC/C(=C/Nc2ccc(F)c(Br)c2)N=N)nc1. The zero-order chi connectivity index (χ0) is 16.7. The Morgan fingerprint density at radius 1 is 1.43 bits per heavy atom. The summed E-state index contributed by atoms with van der Waals surface area (Å²) in [7, 11) is 1.51. The van der Waals surface area contributed by atoms with E-state index >= 15 is 0 Å². The van der Waals surface area contributed by atoms with Gasteiger partial charge >= 0.3 is 6.01 Å². The normalized spacial score (nSPS) is 11.0. The van der Waals surface area contributed by atoms with Crippen molar-refractivity contribution in [3.8, 4) is 11.8 Å². The van der Waals surface area contributed by atoms with Gasteiger partial charge in [-0.2, -0.15) is 15.1 Å². The van der Waals surface area contributed by atoms with Crippen molar-refractivity contribution in [3.05, 3.63) is 52.8 Å². The minimum Gasteiger partial charge on any atom is -0.494 e. The van der Waals surface area contributed by atoms with Crippen molar-refractivity contribution in [3.63, 3.8) is 0 Å². The molecular weight excluding hydrogens is 369 g/mol. The van der Waals surface area contributed by atoms with Gasteiger partial charge in [-0.05, 0) is 34.1 Å². The summed E-state index contributed by atoms with van der Waals surface area (Å²) in [6.07, 6.45) is 4.42. The Morgan fingerprint density at radius 3 is 2.78 bits per heavy atom. The number of hydrogen-bond donors (Lipinski definition) is 2. The minimum atomic E-state index is -0.357. The number of benzene rings is 1. The van der Waals surface area contributed by atoms with E-state index in [0.29, 0.717) is 21.6 Å². The third-order valence-electron chi connectivity index (χ3n) is 2.66. The lowest BCUT2D eigenvalue weighted by atomic mass is 10.3. The minimum absolute atomic E-state index is 0.00515. The lowest BCUT2D eigenvalue weighted by molar-refractivity contribution is 0.317. The number of nitrogens with zero attached hydrogens (tertiary/aromatic N) is 3. The van der Waals surface area contributed by atoms with Crippen LogP contribution in [-0.4, -0.2) is 23.7 Å². The molecule has 0 saturated carbocycles. The number of rotatable bonds is 7. The third kappa shape index (κ3) is 4.99. The standard InChI is InChI=1S/C14H13BrFN5O2/c1-22-11-6-19-14(20-7-11)23-8-10(21-17)5-18-9-2-3-13(16)12(15)4-9/h2-7,17-18H,8H2,1H3/b10-5-,21-17?. The number of anilines is 1. The molecule has 0 saturated heterocycles. The van der Waals surface area contributed by atoms with E-state index in [1.807, 2.05) is 0 Å². The van der Waals surface area contributed by atoms with Crippen LogP contribution in [0.4, 0.5) is 10.1 Å². The maximum absolute atomic E-state index is 13.1. The van der Waals surface area contributed by atoms with Gasteiger partial charge < -0.3 is 14.8 Å². The molecule has 1 heterocycles. The Bertz CT molecular complexity index is 709. The van der Waals surface area contributed by atoms with Crippen molar-refractivity contribution < 1.29 is 13.9 Å². The van der Waals surface area contributed by atoms with E-state index in [0.717, 1.165) is 0 Å². The van der Waals surface area contributed by atoms with E-state index in [1.165, 1.54) is 31.8 Å². The van der Waals surface area contributed by atoms with E-state index in [1.54, 1.807) is 12.1 Å². The Kier molecular flexibility index (Phi) is 5.98. The fourth-order valence-corrected chi connectivity index (χ4v) is 1.86. The smallest absolute Gasteiger partial charge is 0.316 e. The Morgan fingerprint density at radius 2 is 2.17 bits per heavy atom. The highest BCUT2D eigenvalue weighted by Crippen LogP contribution is 2.20. The van der Waals surface area contributed by atoms with Gasteiger partial charge in [0.05, 0.1) is 24.0 Å². The lowest BCUT2D eigenvalue weighted by Crippen LogP contribution is -2.04. The number of hydrogen-bond acceptors (Lipinski definition) is 7. The van der Waals surface area contributed by atoms with Gasteiger partial charge in [0.2, 0.25) is 0 Å². The molecule has 2 rings (SSSR count). The highest BCUT2D eigenvalue weighted by atomic mass is 79.9. The van der Waals surface area contributed by atoms with E-state index < -0.39 is 0 Å². The zero-order valence-electron chi connectivity index (χ0n) is 12.1. The molecule has 1 aromatic carbocycles. The van der Waals surface area contributed by atoms with Gasteiger partial charge in [-0.15, -0.1) is 0 Å². The highest BCUT2D eigenvalue weighted by Gasteiger charge is 2.03. The maximum atomic E-state index is 13.1. The van der Waals surface area contributed by atoms with Crippen molar-refractivity contribution in [2.45, 2.75) is 0 Å². The maximum Gasteiger partial charge on any atom is 0.316 e. The summed E-state index contributed by atoms with van der Waals surface area (Å²) >= 11 is 3.10. The molecule has 0 aliphatic rings. The Hall–Kier alpha value is -2.55. The third-order valence-corrected chi connectivity index (χ3v) is 3.27. The average Bonchev–Trinajstić information content (AvgIpc) is 2.58. The first kappa shape index (κ1) is 16.8. The second kappa shape index (κ2) is 8.18. The van der Waals surface area contributed by atoms with Crippen LogP contribution in [0.2, 0.25) is 0 Å². The first-order valence-corrected chi connectivity index (χ1v) is 7.18. The molecule has 0 atom stereocenters. The fourth-order valence-electron chi connectivity index (χ4n) is 1.48. The molecule has 0 amide bonds. The molecule has 120 valence electrons. The van der Waals surface area contributed by atoms with Crippen LogP contribution in [-0.2, 0) is 0 Å². The van der Waals surface area contributed by atoms with Crippen molar-refractivity contribution in [2.24, 2.45) is 5.11 Å². The van der Waals surface area contributed by atoms with Crippen LogP contribution in [0.25, 0.3) is 0 Å². The van der Waals surface area contributed by atoms with Crippen LogP contribution >= 0.6 is 15.9 Å². The van der Waals surface area contributed by atoms with Crippen molar-refractivity contribution in [2.75, 3.05) is 19.0 Å². The Balaban J connectivity index is 1.95. The van der Waals surface area contributed by atoms with Gasteiger partial charge in [0.1, 0.15) is 18.1 Å². The molecule has 9 heteroatoms. The monoisotopic (exact) mass is 381 g/mol. The molecule has 1 aromatic heterocycles. The van der Waals surface area contributed by atoms with Crippen LogP contribution in [0, 0.1) is 11.3 Å². The summed E-state index contributed by atoms with van der Waals surface area (Å²) in [6, 6.07) is 4.59. The van der Waals surface area contributed by atoms with Crippen LogP contribution in [0.1, 0.15) is 0 Å². The Labute approximate surface area is 140 Å². The second-order valence-electron chi connectivity index (χ2n) is 4.21. The van der Waals surface area contributed by atoms with E-state index in [4.69, 9.17) is 15.0 Å². The predicted molar refractivity (Wildman–Crippen MR) is 85.0 cm³/mol. The molecule has 0 spiro atoms. The predicted octanol–water partition coefficient (Wildman–Crippen LogP) is 3.75. The second-order valence-corrected chi connectivity index (χ2v) is 5.07. The van der Waals surface area contributed by atoms with E-state index in [2.05, 4.69) is 36.3 Å². The summed E-state index contributed by atoms with van der Waals surface area (Å²) in [5, 5.41) is 6.25. The van der Waals surface area contributed by atoms with Crippen molar-refractivity contribution in [1.82, 2.24) is 9.97 Å².